The third kappa shape index (κ3) is 5.76. The lowest BCUT2D eigenvalue weighted by Crippen LogP contribution is -2.13. The van der Waals surface area contributed by atoms with Crippen LogP contribution in [0.1, 0.15) is 47.2 Å². The first kappa shape index (κ1) is 22.6. The van der Waals surface area contributed by atoms with Crippen LogP contribution in [0.4, 0.5) is 14.5 Å². The number of para-hydroxylation sites is 2. The molecule has 5 nitrogen and oxygen atoms in total. The fraction of sp³-hybridized carbons (Fsp3) is 0.261. The van der Waals surface area contributed by atoms with Crippen LogP contribution < -0.4 is 14.8 Å². The molecule has 0 spiro atoms. The van der Waals surface area contributed by atoms with Crippen molar-refractivity contribution in [3.8, 4) is 11.5 Å². The molecule has 164 valence electrons. The number of halogens is 3. The van der Waals surface area contributed by atoms with Gasteiger partial charge in [-0.2, -0.15) is 8.78 Å². The van der Waals surface area contributed by atoms with Crippen LogP contribution in [-0.4, -0.2) is 12.5 Å². The van der Waals surface area contributed by atoms with Gasteiger partial charge in [-0.1, -0.05) is 37.6 Å². The molecule has 0 bridgehead atoms. The van der Waals surface area contributed by atoms with Gasteiger partial charge in [0.05, 0.1) is 5.69 Å². The van der Waals surface area contributed by atoms with Crippen LogP contribution in [-0.2, 0) is 6.61 Å². The van der Waals surface area contributed by atoms with Crippen molar-refractivity contribution in [3.63, 3.8) is 0 Å². The second-order valence-electron chi connectivity index (χ2n) is 7.18. The maximum Gasteiger partial charge on any atom is 0.387 e. The fourth-order valence-corrected chi connectivity index (χ4v) is 3.10. The van der Waals surface area contributed by atoms with Crippen LogP contribution in [0.25, 0.3) is 0 Å². The number of ether oxygens (including phenoxy) is 2. The van der Waals surface area contributed by atoms with Gasteiger partial charge in [-0.05, 0) is 60.4 Å². The molecule has 0 aliphatic rings. The molecule has 3 rings (SSSR count). The lowest BCUT2D eigenvalue weighted by molar-refractivity contribution is -0.0493. The quantitative estimate of drug-likeness (QED) is 0.411. The number of amides is 1. The second-order valence-corrected chi connectivity index (χ2v) is 7.58. The molecule has 0 saturated carbocycles. The monoisotopic (exact) mass is 449 g/mol. The van der Waals surface area contributed by atoms with E-state index >= 15 is 0 Å². The van der Waals surface area contributed by atoms with E-state index in [9.17, 15) is 13.6 Å². The van der Waals surface area contributed by atoms with Gasteiger partial charge < -0.3 is 19.2 Å². The number of alkyl halides is 2. The molecule has 0 unspecified atom stereocenters. The lowest BCUT2D eigenvalue weighted by atomic mass is 10.0. The van der Waals surface area contributed by atoms with Gasteiger partial charge >= 0.3 is 6.61 Å². The Morgan fingerprint density at radius 1 is 1.13 bits per heavy atom. The van der Waals surface area contributed by atoms with Crippen LogP contribution in [0.3, 0.4) is 0 Å². The Bertz CT molecular complexity index is 1070. The maximum absolute atomic E-state index is 12.5. The zero-order valence-electron chi connectivity index (χ0n) is 17.2. The van der Waals surface area contributed by atoms with Crippen LogP contribution in [0, 0.1) is 6.92 Å². The topological polar surface area (TPSA) is 60.7 Å². The predicted octanol–water partition coefficient (Wildman–Crippen LogP) is 6.80. The van der Waals surface area contributed by atoms with Crippen LogP contribution in [0.15, 0.2) is 52.9 Å². The van der Waals surface area contributed by atoms with Gasteiger partial charge in [0.25, 0.3) is 5.91 Å². The Labute approximate surface area is 183 Å². The van der Waals surface area contributed by atoms with Crippen molar-refractivity contribution >= 4 is 23.2 Å². The summed E-state index contributed by atoms with van der Waals surface area (Å²) in [6.07, 6.45) is 0. The SMILES string of the molecule is Cc1cc(OCc2ccc(C(=O)Nc3ccccc3OC(F)F)o2)c(C(C)C)cc1Cl. The molecule has 0 radical (unpaired) electrons. The van der Waals surface area contributed by atoms with E-state index in [4.69, 9.17) is 20.8 Å². The molecule has 0 saturated heterocycles. The molecule has 3 aromatic rings. The minimum atomic E-state index is -3.00. The standard InChI is InChI=1S/C23H22ClF2NO4/c1-13(2)16-11-17(24)14(3)10-21(16)29-12-15-8-9-20(30-15)22(28)27-18-6-4-5-7-19(18)31-23(25)26/h4-11,13,23H,12H2,1-3H3,(H,27,28). The summed E-state index contributed by atoms with van der Waals surface area (Å²) in [5.74, 6) is 0.618. The highest BCUT2D eigenvalue weighted by Gasteiger charge is 2.17. The number of furan rings is 1. The average molecular weight is 450 g/mol. The van der Waals surface area contributed by atoms with E-state index in [0.717, 1.165) is 11.1 Å². The van der Waals surface area contributed by atoms with E-state index in [-0.39, 0.29) is 29.7 Å². The number of carbonyl (C=O) groups is 1. The normalized spacial score (nSPS) is 11.1. The molecule has 0 aliphatic heterocycles. The Balaban J connectivity index is 1.69. The van der Waals surface area contributed by atoms with Crippen molar-refractivity contribution in [2.75, 3.05) is 5.32 Å². The zero-order valence-corrected chi connectivity index (χ0v) is 18.0. The van der Waals surface area contributed by atoms with Gasteiger partial charge in [0, 0.05) is 5.02 Å². The van der Waals surface area contributed by atoms with Gasteiger partial charge in [-0.25, -0.2) is 0 Å². The van der Waals surface area contributed by atoms with Crippen LogP contribution in [0.2, 0.25) is 5.02 Å². The molecule has 8 heteroatoms. The highest BCUT2D eigenvalue weighted by atomic mass is 35.5. The molecule has 0 aliphatic carbocycles. The number of hydrogen-bond acceptors (Lipinski definition) is 4. The number of benzene rings is 2. The summed E-state index contributed by atoms with van der Waals surface area (Å²) in [6.45, 7) is 3.08. The first-order valence-electron chi connectivity index (χ1n) is 9.61. The van der Waals surface area contributed by atoms with Crippen LogP contribution >= 0.6 is 11.6 Å². The molecule has 1 heterocycles. The number of aryl methyl sites for hydroxylation is 1. The molecular weight excluding hydrogens is 428 g/mol. The summed E-state index contributed by atoms with van der Waals surface area (Å²) in [6, 6.07) is 12.8. The van der Waals surface area contributed by atoms with Gasteiger partial charge in [0.15, 0.2) is 5.76 Å². The summed E-state index contributed by atoms with van der Waals surface area (Å²) >= 11 is 6.22. The van der Waals surface area contributed by atoms with Gasteiger partial charge in [0.1, 0.15) is 23.9 Å². The molecule has 1 N–H and O–H groups in total. The fourth-order valence-electron chi connectivity index (χ4n) is 2.93. The van der Waals surface area contributed by atoms with Gasteiger partial charge in [-0.3, -0.25) is 4.79 Å². The Morgan fingerprint density at radius 3 is 2.58 bits per heavy atom. The summed E-state index contributed by atoms with van der Waals surface area (Å²) in [5.41, 5.74) is 1.97. The Hall–Kier alpha value is -3.06. The van der Waals surface area contributed by atoms with Crippen molar-refractivity contribution in [1.29, 1.82) is 0 Å². The highest BCUT2D eigenvalue weighted by Crippen LogP contribution is 2.32. The minimum Gasteiger partial charge on any atom is -0.485 e. The van der Waals surface area contributed by atoms with E-state index in [1.807, 2.05) is 32.9 Å². The summed E-state index contributed by atoms with van der Waals surface area (Å²) < 4.78 is 41.0. The molecule has 0 atom stereocenters. The molecular formula is C23H22ClF2NO4. The summed E-state index contributed by atoms with van der Waals surface area (Å²) in [4.78, 5) is 12.5. The summed E-state index contributed by atoms with van der Waals surface area (Å²) in [5, 5.41) is 3.18. The minimum absolute atomic E-state index is 0.0156. The van der Waals surface area contributed by atoms with Crippen molar-refractivity contribution in [1.82, 2.24) is 0 Å². The smallest absolute Gasteiger partial charge is 0.387 e. The third-order valence-electron chi connectivity index (χ3n) is 4.52. The lowest BCUT2D eigenvalue weighted by Gasteiger charge is -2.15. The first-order valence-corrected chi connectivity index (χ1v) is 9.99. The number of carbonyl (C=O) groups excluding carboxylic acids is 1. The Kier molecular flexibility index (Phi) is 7.17. The number of anilines is 1. The van der Waals surface area contributed by atoms with Gasteiger partial charge in [0.2, 0.25) is 0 Å². The average Bonchev–Trinajstić information content (AvgIpc) is 3.18. The maximum atomic E-state index is 12.5. The van der Waals surface area contributed by atoms with Crippen molar-refractivity contribution in [2.24, 2.45) is 0 Å². The highest BCUT2D eigenvalue weighted by molar-refractivity contribution is 6.31. The van der Waals surface area contributed by atoms with E-state index in [1.165, 1.54) is 24.3 Å². The number of nitrogens with one attached hydrogen (secondary N) is 1. The van der Waals surface area contributed by atoms with Crippen molar-refractivity contribution < 1.29 is 27.5 Å². The van der Waals surface area contributed by atoms with Gasteiger partial charge in [-0.15, -0.1) is 0 Å². The molecule has 0 fully saturated rings. The third-order valence-corrected chi connectivity index (χ3v) is 4.93. The molecule has 31 heavy (non-hydrogen) atoms. The molecule has 1 aromatic heterocycles. The van der Waals surface area contributed by atoms with Crippen molar-refractivity contribution in [2.45, 2.75) is 39.9 Å². The molecule has 1 amide bonds. The first-order chi connectivity index (χ1) is 14.7. The van der Waals surface area contributed by atoms with Crippen LogP contribution in [0.5, 0.6) is 11.5 Å². The second kappa shape index (κ2) is 9.83. The number of rotatable bonds is 8. The van der Waals surface area contributed by atoms with E-state index in [2.05, 4.69) is 10.1 Å². The van der Waals surface area contributed by atoms with Crippen molar-refractivity contribution in [3.05, 3.63) is 76.2 Å². The molecule has 2 aromatic carbocycles. The van der Waals surface area contributed by atoms with E-state index < -0.39 is 12.5 Å². The largest absolute Gasteiger partial charge is 0.485 e. The predicted molar refractivity (Wildman–Crippen MR) is 114 cm³/mol. The van der Waals surface area contributed by atoms with E-state index in [0.29, 0.717) is 16.5 Å². The van der Waals surface area contributed by atoms with E-state index in [1.54, 1.807) is 12.1 Å². The zero-order chi connectivity index (χ0) is 22.5. The number of hydrogen-bond donors (Lipinski definition) is 1. The summed E-state index contributed by atoms with van der Waals surface area (Å²) in [7, 11) is 0. The Morgan fingerprint density at radius 2 is 1.87 bits per heavy atom.